The predicted molar refractivity (Wildman–Crippen MR) is 113 cm³/mol. The molecule has 8 heteroatoms. The van der Waals surface area contributed by atoms with Crippen molar-refractivity contribution < 1.29 is 4.79 Å². The quantitative estimate of drug-likeness (QED) is 0.673. The summed E-state index contributed by atoms with van der Waals surface area (Å²) in [6.07, 6.45) is 5.10. The van der Waals surface area contributed by atoms with Gasteiger partial charge in [-0.05, 0) is 30.3 Å². The number of hydrogen-bond acceptors (Lipinski definition) is 6. The molecule has 0 atom stereocenters. The van der Waals surface area contributed by atoms with Gasteiger partial charge in [-0.2, -0.15) is 0 Å². The summed E-state index contributed by atoms with van der Waals surface area (Å²) in [5, 5.41) is 2.82. The molecule has 1 aliphatic heterocycles. The molecule has 0 unspecified atom stereocenters. The van der Waals surface area contributed by atoms with Crippen molar-refractivity contribution in [1.82, 2.24) is 15.0 Å². The number of pyridine rings is 1. The molecule has 1 saturated heterocycles. The third kappa shape index (κ3) is 4.28. The summed E-state index contributed by atoms with van der Waals surface area (Å²) in [5.74, 6) is 1.47. The van der Waals surface area contributed by atoms with E-state index in [4.69, 9.17) is 0 Å². The van der Waals surface area contributed by atoms with Crippen LogP contribution in [0.2, 0.25) is 0 Å². The van der Waals surface area contributed by atoms with Gasteiger partial charge in [0.15, 0.2) is 0 Å². The molecule has 2 aromatic heterocycles. The number of aromatic nitrogens is 3. The molecule has 0 spiro atoms. The molecule has 4 rings (SSSR count). The highest BCUT2D eigenvalue weighted by atomic mass is 79.9. The zero-order chi connectivity index (χ0) is 19.3. The molecule has 142 valence electrons. The standard InChI is InChI=1S/C20H19BrN6O/c21-16-5-3-4-15(12-16)19(28)25-17-13-23-20(24-14-17)27-10-8-26(9-11-27)18-6-1-2-7-22-18/h1-7,12-14H,8-11H2,(H,25,28). The number of rotatable bonds is 4. The summed E-state index contributed by atoms with van der Waals surface area (Å²) in [7, 11) is 0. The van der Waals surface area contributed by atoms with Crippen molar-refractivity contribution in [3.8, 4) is 0 Å². The van der Waals surface area contributed by atoms with E-state index in [0.717, 1.165) is 36.5 Å². The van der Waals surface area contributed by atoms with Crippen molar-refractivity contribution >= 4 is 39.3 Å². The summed E-state index contributed by atoms with van der Waals surface area (Å²) < 4.78 is 0.858. The van der Waals surface area contributed by atoms with Gasteiger partial charge in [0.25, 0.3) is 5.91 Å². The van der Waals surface area contributed by atoms with E-state index in [1.54, 1.807) is 24.5 Å². The van der Waals surface area contributed by atoms with Crippen LogP contribution in [-0.4, -0.2) is 47.0 Å². The van der Waals surface area contributed by atoms with Crippen molar-refractivity contribution in [2.45, 2.75) is 0 Å². The number of nitrogens with zero attached hydrogens (tertiary/aromatic N) is 5. The average molecular weight is 439 g/mol. The van der Waals surface area contributed by atoms with Crippen LogP contribution in [0.3, 0.4) is 0 Å². The topological polar surface area (TPSA) is 74.2 Å². The van der Waals surface area contributed by atoms with Crippen LogP contribution >= 0.6 is 15.9 Å². The summed E-state index contributed by atoms with van der Waals surface area (Å²) >= 11 is 3.37. The second-order valence-electron chi connectivity index (χ2n) is 6.40. The van der Waals surface area contributed by atoms with Crippen LogP contribution in [0.25, 0.3) is 0 Å². The molecule has 7 nitrogen and oxygen atoms in total. The molecule has 0 bridgehead atoms. The number of nitrogens with one attached hydrogen (secondary N) is 1. The molecule has 28 heavy (non-hydrogen) atoms. The molecule has 0 saturated carbocycles. The van der Waals surface area contributed by atoms with E-state index in [0.29, 0.717) is 17.2 Å². The van der Waals surface area contributed by atoms with E-state index < -0.39 is 0 Å². The monoisotopic (exact) mass is 438 g/mol. The minimum atomic E-state index is -0.193. The smallest absolute Gasteiger partial charge is 0.255 e. The first kappa shape index (κ1) is 18.4. The van der Waals surface area contributed by atoms with Crippen LogP contribution in [0.5, 0.6) is 0 Å². The number of carbonyl (C=O) groups is 1. The fourth-order valence-electron chi connectivity index (χ4n) is 3.06. The molecular weight excluding hydrogens is 420 g/mol. The van der Waals surface area contributed by atoms with E-state index in [1.165, 1.54) is 0 Å². The van der Waals surface area contributed by atoms with Gasteiger partial charge in [-0.25, -0.2) is 15.0 Å². The van der Waals surface area contributed by atoms with Crippen molar-refractivity contribution in [3.05, 3.63) is 71.1 Å². The van der Waals surface area contributed by atoms with Gasteiger partial charge in [-0.1, -0.05) is 28.1 Å². The van der Waals surface area contributed by atoms with Crippen molar-refractivity contribution in [2.75, 3.05) is 41.3 Å². The number of benzene rings is 1. The third-order valence-corrected chi connectivity index (χ3v) is 5.01. The lowest BCUT2D eigenvalue weighted by atomic mass is 10.2. The second-order valence-corrected chi connectivity index (χ2v) is 7.31. The maximum atomic E-state index is 12.3. The number of halogens is 1. The van der Waals surface area contributed by atoms with Gasteiger partial charge in [0.2, 0.25) is 5.95 Å². The van der Waals surface area contributed by atoms with Crippen LogP contribution in [0.1, 0.15) is 10.4 Å². The van der Waals surface area contributed by atoms with Gasteiger partial charge in [-0.3, -0.25) is 4.79 Å². The minimum Gasteiger partial charge on any atom is -0.353 e. The summed E-state index contributed by atoms with van der Waals surface area (Å²) in [5.41, 5.74) is 1.14. The first-order valence-electron chi connectivity index (χ1n) is 8.99. The molecular formula is C20H19BrN6O. The van der Waals surface area contributed by atoms with Gasteiger partial charge in [-0.15, -0.1) is 0 Å². The highest BCUT2D eigenvalue weighted by Gasteiger charge is 2.19. The zero-order valence-corrected chi connectivity index (χ0v) is 16.7. The third-order valence-electron chi connectivity index (χ3n) is 4.52. The average Bonchev–Trinajstić information content (AvgIpc) is 2.75. The van der Waals surface area contributed by atoms with Crippen molar-refractivity contribution in [2.24, 2.45) is 0 Å². The molecule has 1 amide bonds. The van der Waals surface area contributed by atoms with E-state index in [-0.39, 0.29) is 5.91 Å². The molecule has 0 radical (unpaired) electrons. The second kappa shape index (κ2) is 8.35. The predicted octanol–water partition coefficient (Wildman–Crippen LogP) is 3.21. The molecule has 1 fully saturated rings. The summed E-state index contributed by atoms with van der Waals surface area (Å²) in [6, 6.07) is 13.2. The molecule has 0 aliphatic carbocycles. The van der Waals surface area contributed by atoms with Crippen molar-refractivity contribution in [3.63, 3.8) is 0 Å². The van der Waals surface area contributed by atoms with Crippen molar-refractivity contribution in [1.29, 1.82) is 0 Å². The van der Waals surface area contributed by atoms with Crippen LogP contribution in [0.15, 0.2) is 65.5 Å². The summed E-state index contributed by atoms with van der Waals surface area (Å²) in [4.78, 5) is 30.0. The largest absolute Gasteiger partial charge is 0.353 e. The highest BCUT2D eigenvalue weighted by molar-refractivity contribution is 9.10. The lowest BCUT2D eigenvalue weighted by Gasteiger charge is -2.35. The van der Waals surface area contributed by atoms with Crippen LogP contribution < -0.4 is 15.1 Å². The fraction of sp³-hybridized carbons (Fsp3) is 0.200. The first-order valence-corrected chi connectivity index (χ1v) is 9.78. The Bertz CT molecular complexity index is 942. The lowest BCUT2D eigenvalue weighted by molar-refractivity contribution is 0.102. The van der Waals surface area contributed by atoms with Gasteiger partial charge in [0.05, 0.1) is 18.1 Å². The minimum absolute atomic E-state index is 0.193. The highest BCUT2D eigenvalue weighted by Crippen LogP contribution is 2.17. The van der Waals surface area contributed by atoms with E-state index in [1.807, 2.05) is 36.5 Å². The Balaban J connectivity index is 1.35. The molecule has 1 aliphatic rings. The number of hydrogen-bond donors (Lipinski definition) is 1. The number of piperazine rings is 1. The van der Waals surface area contributed by atoms with Gasteiger partial charge < -0.3 is 15.1 Å². The molecule has 1 N–H and O–H groups in total. The van der Waals surface area contributed by atoms with Crippen LogP contribution in [-0.2, 0) is 0 Å². The Labute approximate surface area is 171 Å². The number of carbonyl (C=O) groups excluding carboxylic acids is 1. The maximum Gasteiger partial charge on any atom is 0.255 e. The fourth-order valence-corrected chi connectivity index (χ4v) is 3.46. The van der Waals surface area contributed by atoms with E-state index in [9.17, 15) is 4.79 Å². The molecule has 3 heterocycles. The summed E-state index contributed by atoms with van der Waals surface area (Å²) in [6.45, 7) is 3.37. The molecule has 1 aromatic carbocycles. The molecule has 3 aromatic rings. The zero-order valence-electron chi connectivity index (χ0n) is 15.1. The number of amides is 1. The van der Waals surface area contributed by atoms with Gasteiger partial charge in [0.1, 0.15) is 5.82 Å². The Kier molecular flexibility index (Phi) is 5.48. The Morgan fingerprint density at radius 2 is 1.68 bits per heavy atom. The van der Waals surface area contributed by atoms with Gasteiger partial charge >= 0.3 is 0 Å². The van der Waals surface area contributed by atoms with E-state index >= 15 is 0 Å². The SMILES string of the molecule is O=C(Nc1cnc(N2CCN(c3ccccn3)CC2)nc1)c1cccc(Br)c1. The van der Waals surface area contributed by atoms with Crippen LogP contribution in [0, 0.1) is 0 Å². The normalized spacial score (nSPS) is 14.0. The van der Waals surface area contributed by atoms with E-state index in [2.05, 4.69) is 46.0 Å². The Hall–Kier alpha value is -3.00. The first-order chi connectivity index (χ1) is 13.7. The lowest BCUT2D eigenvalue weighted by Crippen LogP contribution is -2.47. The Morgan fingerprint density at radius 3 is 2.36 bits per heavy atom. The van der Waals surface area contributed by atoms with Crippen LogP contribution in [0.4, 0.5) is 17.5 Å². The van der Waals surface area contributed by atoms with Gasteiger partial charge in [0, 0.05) is 42.4 Å². The Morgan fingerprint density at radius 1 is 0.929 bits per heavy atom. The maximum absolute atomic E-state index is 12.3. The number of anilines is 3.